The fraction of sp³-hybridized carbons (Fsp3) is 0. The van der Waals surface area contributed by atoms with Crippen molar-refractivity contribution < 1.29 is 4.79 Å². The minimum Gasteiger partial charge on any atom is -0.340 e. The molecule has 1 N–H and O–H groups in total. The number of pyridine rings is 1. The molecule has 0 saturated carbocycles. The van der Waals surface area contributed by atoms with E-state index < -0.39 is 5.24 Å². The third-order valence-corrected chi connectivity index (χ3v) is 2.26. The van der Waals surface area contributed by atoms with Crippen LogP contribution in [0.3, 0.4) is 0 Å². The summed E-state index contributed by atoms with van der Waals surface area (Å²) in [5, 5.41) is 2.52. The number of nitrogens with zero attached hydrogens (tertiary/aromatic N) is 1. The van der Waals surface area contributed by atoms with E-state index in [0.29, 0.717) is 11.4 Å². The topological polar surface area (TPSA) is 42.0 Å². The first-order chi connectivity index (χ1) is 7.77. The summed E-state index contributed by atoms with van der Waals surface area (Å²) in [6.07, 6.45) is 1.61. The van der Waals surface area contributed by atoms with Gasteiger partial charge in [-0.3, -0.25) is 4.79 Å². The Morgan fingerprint density at radius 3 is 2.56 bits per heavy atom. The third-order valence-electron chi connectivity index (χ3n) is 2.06. The number of aromatic nitrogens is 1. The van der Waals surface area contributed by atoms with Crippen LogP contribution in [0.2, 0.25) is 0 Å². The van der Waals surface area contributed by atoms with Crippen molar-refractivity contribution in [2.24, 2.45) is 0 Å². The predicted molar refractivity (Wildman–Crippen MR) is 64.1 cm³/mol. The maximum Gasteiger partial charge on any atom is 0.256 e. The minimum atomic E-state index is -0.522. The van der Waals surface area contributed by atoms with Gasteiger partial charge in [0.05, 0.1) is 5.56 Å². The van der Waals surface area contributed by atoms with Gasteiger partial charge in [0.2, 0.25) is 0 Å². The summed E-state index contributed by atoms with van der Waals surface area (Å²) in [7, 11) is 0. The van der Waals surface area contributed by atoms with Gasteiger partial charge in [-0.2, -0.15) is 0 Å². The lowest BCUT2D eigenvalue weighted by Crippen LogP contribution is -2.00. The van der Waals surface area contributed by atoms with Crippen LogP contribution in [0.15, 0.2) is 48.7 Å². The number of carbonyl (C=O) groups is 1. The molecule has 0 atom stereocenters. The van der Waals surface area contributed by atoms with E-state index in [1.165, 1.54) is 0 Å². The van der Waals surface area contributed by atoms with Crippen LogP contribution in [0.1, 0.15) is 10.4 Å². The van der Waals surface area contributed by atoms with E-state index in [1.54, 1.807) is 18.3 Å². The average Bonchev–Trinajstić information content (AvgIpc) is 2.31. The van der Waals surface area contributed by atoms with Crippen molar-refractivity contribution in [1.29, 1.82) is 0 Å². The SMILES string of the molecule is O=C(Cl)c1cccnc1Nc1ccccc1. The molecule has 0 aliphatic rings. The molecule has 0 aliphatic carbocycles. The molecular formula is C12H9ClN2O. The lowest BCUT2D eigenvalue weighted by atomic mass is 10.2. The smallest absolute Gasteiger partial charge is 0.256 e. The van der Waals surface area contributed by atoms with E-state index in [2.05, 4.69) is 10.3 Å². The molecular weight excluding hydrogens is 224 g/mol. The van der Waals surface area contributed by atoms with Crippen LogP contribution in [0.25, 0.3) is 0 Å². The van der Waals surface area contributed by atoms with Gasteiger partial charge in [-0.25, -0.2) is 4.98 Å². The molecule has 0 saturated heterocycles. The second kappa shape index (κ2) is 4.77. The molecule has 2 rings (SSSR count). The van der Waals surface area contributed by atoms with Gasteiger partial charge in [-0.05, 0) is 35.9 Å². The Morgan fingerprint density at radius 2 is 1.88 bits per heavy atom. The summed E-state index contributed by atoms with van der Waals surface area (Å²) in [4.78, 5) is 15.2. The van der Waals surface area contributed by atoms with Crippen molar-refractivity contribution in [3.63, 3.8) is 0 Å². The molecule has 0 fully saturated rings. The van der Waals surface area contributed by atoms with E-state index in [0.717, 1.165) is 5.69 Å². The molecule has 4 heteroatoms. The lowest BCUT2D eigenvalue weighted by molar-refractivity contribution is 0.108. The van der Waals surface area contributed by atoms with Crippen molar-refractivity contribution >= 4 is 28.3 Å². The van der Waals surface area contributed by atoms with Crippen molar-refractivity contribution in [1.82, 2.24) is 4.98 Å². The Morgan fingerprint density at radius 1 is 1.12 bits per heavy atom. The van der Waals surface area contributed by atoms with Gasteiger partial charge in [-0.15, -0.1) is 0 Å². The van der Waals surface area contributed by atoms with Crippen LogP contribution in [-0.2, 0) is 0 Å². The van der Waals surface area contributed by atoms with Gasteiger partial charge in [0.1, 0.15) is 5.82 Å². The highest BCUT2D eigenvalue weighted by atomic mass is 35.5. The molecule has 1 heterocycles. The Bertz CT molecular complexity index is 499. The molecule has 0 amide bonds. The quantitative estimate of drug-likeness (QED) is 0.827. The maximum atomic E-state index is 11.1. The number of carbonyl (C=O) groups excluding carboxylic acids is 1. The number of rotatable bonds is 3. The summed E-state index contributed by atoms with van der Waals surface area (Å²) >= 11 is 5.46. The first kappa shape index (κ1) is 10.6. The fourth-order valence-electron chi connectivity index (χ4n) is 1.32. The monoisotopic (exact) mass is 232 g/mol. The van der Waals surface area contributed by atoms with Gasteiger partial charge in [0.15, 0.2) is 0 Å². The molecule has 1 aromatic carbocycles. The summed E-state index contributed by atoms with van der Waals surface area (Å²) in [5.74, 6) is 0.466. The van der Waals surface area contributed by atoms with Gasteiger partial charge >= 0.3 is 0 Å². The summed E-state index contributed by atoms with van der Waals surface area (Å²) in [6.45, 7) is 0. The molecule has 2 aromatic rings. The molecule has 16 heavy (non-hydrogen) atoms. The number of para-hydroxylation sites is 1. The van der Waals surface area contributed by atoms with Gasteiger partial charge in [-0.1, -0.05) is 18.2 Å². The second-order valence-electron chi connectivity index (χ2n) is 3.16. The van der Waals surface area contributed by atoms with Crippen LogP contribution in [0, 0.1) is 0 Å². The number of anilines is 2. The zero-order valence-electron chi connectivity index (χ0n) is 8.35. The standard InChI is InChI=1S/C12H9ClN2O/c13-11(16)10-7-4-8-14-12(10)15-9-5-2-1-3-6-9/h1-8H,(H,14,15). The zero-order valence-corrected chi connectivity index (χ0v) is 9.11. The number of hydrogen-bond donors (Lipinski definition) is 1. The Balaban J connectivity index is 2.31. The number of halogens is 1. The lowest BCUT2D eigenvalue weighted by Gasteiger charge is -2.07. The van der Waals surface area contributed by atoms with Crippen LogP contribution in [-0.4, -0.2) is 10.2 Å². The maximum absolute atomic E-state index is 11.1. The highest BCUT2D eigenvalue weighted by Crippen LogP contribution is 2.19. The second-order valence-corrected chi connectivity index (χ2v) is 3.51. The average molecular weight is 233 g/mol. The normalized spacial score (nSPS) is 9.81. The van der Waals surface area contributed by atoms with Crippen LogP contribution in [0.4, 0.5) is 11.5 Å². The molecule has 0 radical (unpaired) electrons. The molecule has 3 nitrogen and oxygen atoms in total. The minimum absolute atomic E-state index is 0.369. The van der Waals surface area contributed by atoms with Crippen molar-refractivity contribution in [3.8, 4) is 0 Å². The van der Waals surface area contributed by atoms with E-state index in [-0.39, 0.29) is 0 Å². The summed E-state index contributed by atoms with van der Waals surface area (Å²) in [5.41, 5.74) is 1.23. The molecule has 0 bridgehead atoms. The summed E-state index contributed by atoms with van der Waals surface area (Å²) < 4.78 is 0. The Hall–Kier alpha value is -1.87. The van der Waals surface area contributed by atoms with Gasteiger partial charge < -0.3 is 5.32 Å². The van der Waals surface area contributed by atoms with Crippen molar-refractivity contribution in [3.05, 3.63) is 54.2 Å². The van der Waals surface area contributed by atoms with Crippen LogP contribution in [0.5, 0.6) is 0 Å². The highest BCUT2D eigenvalue weighted by Gasteiger charge is 2.09. The van der Waals surface area contributed by atoms with E-state index in [4.69, 9.17) is 11.6 Å². The Labute approximate surface area is 98.1 Å². The van der Waals surface area contributed by atoms with E-state index in [1.807, 2.05) is 30.3 Å². The van der Waals surface area contributed by atoms with Gasteiger partial charge in [0, 0.05) is 11.9 Å². The molecule has 0 unspecified atom stereocenters. The molecule has 0 aliphatic heterocycles. The van der Waals surface area contributed by atoms with Crippen molar-refractivity contribution in [2.45, 2.75) is 0 Å². The molecule has 80 valence electrons. The highest BCUT2D eigenvalue weighted by molar-refractivity contribution is 6.68. The zero-order chi connectivity index (χ0) is 11.4. The number of benzene rings is 1. The Kier molecular flexibility index (Phi) is 3.17. The van der Waals surface area contributed by atoms with Crippen LogP contribution >= 0.6 is 11.6 Å². The van der Waals surface area contributed by atoms with Crippen molar-refractivity contribution in [2.75, 3.05) is 5.32 Å². The largest absolute Gasteiger partial charge is 0.340 e. The van der Waals surface area contributed by atoms with E-state index >= 15 is 0 Å². The first-order valence-corrected chi connectivity index (χ1v) is 5.12. The number of hydrogen-bond acceptors (Lipinski definition) is 3. The molecule has 1 aromatic heterocycles. The van der Waals surface area contributed by atoms with Gasteiger partial charge in [0.25, 0.3) is 5.24 Å². The first-order valence-electron chi connectivity index (χ1n) is 4.74. The summed E-state index contributed by atoms with van der Waals surface area (Å²) in [6, 6.07) is 12.8. The predicted octanol–water partition coefficient (Wildman–Crippen LogP) is 3.20. The molecule has 0 spiro atoms. The number of nitrogens with one attached hydrogen (secondary N) is 1. The third kappa shape index (κ3) is 2.38. The fourth-order valence-corrected chi connectivity index (χ4v) is 1.47. The van der Waals surface area contributed by atoms with E-state index in [9.17, 15) is 4.79 Å². The van der Waals surface area contributed by atoms with Crippen LogP contribution < -0.4 is 5.32 Å².